The van der Waals surface area contributed by atoms with E-state index in [4.69, 9.17) is 9.47 Å². The van der Waals surface area contributed by atoms with Gasteiger partial charge in [0, 0.05) is 43.8 Å². The lowest BCUT2D eigenvalue weighted by molar-refractivity contribution is -0.118. The van der Waals surface area contributed by atoms with Crippen molar-refractivity contribution in [2.75, 3.05) is 20.3 Å². The molecule has 0 spiro atoms. The lowest BCUT2D eigenvalue weighted by Crippen LogP contribution is -2.50. The van der Waals surface area contributed by atoms with Crippen LogP contribution >= 0.6 is 0 Å². The molecule has 1 aromatic rings. The third-order valence-corrected chi connectivity index (χ3v) is 7.87. The van der Waals surface area contributed by atoms with Crippen molar-refractivity contribution in [2.24, 2.45) is 10.3 Å². The predicted octanol–water partition coefficient (Wildman–Crippen LogP) is 3.49. The Morgan fingerprint density at radius 2 is 1.94 bits per heavy atom. The second-order valence-electron chi connectivity index (χ2n) is 9.87. The van der Waals surface area contributed by atoms with E-state index in [1.807, 2.05) is 12.2 Å². The van der Waals surface area contributed by atoms with Crippen LogP contribution in [0.4, 0.5) is 0 Å². The van der Waals surface area contributed by atoms with Crippen LogP contribution in [0, 0.1) is 13.8 Å². The van der Waals surface area contributed by atoms with Gasteiger partial charge < -0.3 is 14.8 Å². The van der Waals surface area contributed by atoms with Crippen LogP contribution in [0.15, 0.2) is 45.9 Å². The first kappa shape index (κ1) is 23.1. The first-order valence-electron chi connectivity index (χ1n) is 12.4. The average Bonchev–Trinajstić information content (AvgIpc) is 3.39. The third-order valence-electron chi connectivity index (χ3n) is 7.87. The molecule has 8 nitrogen and oxygen atoms in total. The van der Waals surface area contributed by atoms with E-state index in [0.29, 0.717) is 31.7 Å². The number of piperidine rings is 1. The average molecular weight is 466 g/mol. The minimum atomic E-state index is -0.0350. The van der Waals surface area contributed by atoms with Crippen molar-refractivity contribution >= 4 is 5.91 Å². The van der Waals surface area contributed by atoms with Gasteiger partial charge in [0.1, 0.15) is 18.4 Å². The van der Waals surface area contributed by atoms with Crippen molar-refractivity contribution in [1.82, 2.24) is 15.6 Å². The number of amides is 1. The quantitative estimate of drug-likeness (QED) is 0.574. The number of methoxy groups -OCH3 is 1. The lowest BCUT2D eigenvalue weighted by Gasteiger charge is -2.39. The highest BCUT2D eigenvalue weighted by Gasteiger charge is 2.41. The van der Waals surface area contributed by atoms with E-state index in [0.717, 1.165) is 36.4 Å². The maximum absolute atomic E-state index is 12.9. The number of nitrogens with one attached hydrogen (secondary N) is 2. The Morgan fingerprint density at radius 1 is 1.15 bits per heavy atom. The molecule has 2 saturated heterocycles. The molecule has 3 atom stereocenters. The molecule has 34 heavy (non-hydrogen) atoms. The Bertz CT molecular complexity index is 1020. The van der Waals surface area contributed by atoms with Crippen molar-refractivity contribution in [3.63, 3.8) is 0 Å². The Morgan fingerprint density at radius 3 is 2.71 bits per heavy atom. The number of rotatable bonds is 8. The highest BCUT2D eigenvalue weighted by Crippen LogP contribution is 2.38. The van der Waals surface area contributed by atoms with Crippen LogP contribution in [0.5, 0.6) is 5.75 Å². The molecule has 3 unspecified atom stereocenters. The van der Waals surface area contributed by atoms with Crippen LogP contribution in [0.25, 0.3) is 0 Å². The fourth-order valence-corrected chi connectivity index (χ4v) is 5.77. The Kier molecular flexibility index (Phi) is 6.70. The van der Waals surface area contributed by atoms with Crippen LogP contribution in [0.3, 0.4) is 0 Å². The Labute approximate surface area is 201 Å². The zero-order valence-corrected chi connectivity index (χ0v) is 20.3. The molecular formula is C26H35N5O3. The standard InChI is InChI=1S/C26H35N5O3/c1-16-17(2)25(34-11-10-33-3)9-5-19(16)15-31-21-6-7-22(31)14-20(13-21)27-26(32)18-4-8-23-24(12-18)29-30-28-23/h4-5,8-9,20-22,24H,6-7,10-15H2,1-3H3,(H,27,32)(H,28,29). The zero-order valence-electron chi connectivity index (χ0n) is 20.3. The minimum Gasteiger partial charge on any atom is -0.491 e. The molecule has 0 saturated carbocycles. The second-order valence-corrected chi connectivity index (χ2v) is 9.87. The van der Waals surface area contributed by atoms with Crippen LogP contribution in [0.1, 0.15) is 48.8 Å². The van der Waals surface area contributed by atoms with Gasteiger partial charge in [-0.3, -0.25) is 15.1 Å². The van der Waals surface area contributed by atoms with Crippen molar-refractivity contribution in [3.05, 3.63) is 52.2 Å². The van der Waals surface area contributed by atoms with E-state index >= 15 is 0 Å². The molecule has 1 aliphatic carbocycles. The summed E-state index contributed by atoms with van der Waals surface area (Å²) in [4.78, 5) is 15.6. The number of fused-ring (bicyclic) bond motifs is 3. The van der Waals surface area contributed by atoms with Gasteiger partial charge in [-0.1, -0.05) is 17.4 Å². The number of allylic oxidation sites excluding steroid dienone is 2. The van der Waals surface area contributed by atoms with Gasteiger partial charge in [0.05, 0.1) is 12.3 Å². The topological polar surface area (TPSA) is 87.5 Å². The lowest BCUT2D eigenvalue weighted by atomic mass is 9.93. The summed E-state index contributed by atoms with van der Waals surface area (Å²) < 4.78 is 11.0. The second kappa shape index (κ2) is 9.88. The molecule has 5 rings (SSSR count). The smallest absolute Gasteiger partial charge is 0.247 e. The van der Waals surface area contributed by atoms with Gasteiger partial charge in [-0.25, -0.2) is 0 Å². The SMILES string of the molecule is COCCOc1ccc(CN2C3CCC2CC(NC(=O)C2=CC=C4NN=NC4C2)C3)c(C)c1C. The van der Waals surface area contributed by atoms with Crippen molar-refractivity contribution < 1.29 is 14.3 Å². The predicted molar refractivity (Wildman–Crippen MR) is 129 cm³/mol. The van der Waals surface area contributed by atoms with Gasteiger partial charge in [0.2, 0.25) is 5.91 Å². The van der Waals surface area contributed by atoms with E-state index in [1.165, 1.54) is 29.5 Å². The molecule has 4 aliphatic rings. The van der Waals surface area contributed by atoms with Crippen LogP contribution in [0.2, 0.25) is 0 Å². The summed E-state index contributed by atoms with van der Waals surface area (Å²) in [6.07, 6.45) is 8.88. The molecule has 2 fully saturated rings. The van der Waals surface area contributed by atoms with Gasteiger partial charge in [-0.2, -0.15) is 5.11 Å². The molecule has 0 aromatic heterocycles. The molecule has 8 heteroatoms. The monoisotopic (exact) mass is 465 g/mol. The summed E-state index contributed by atoms with van der Waals surface area (Å²) in [6, 6.07) is 5.54. The molecule has 3 aliphatic heterocycles. The van der Waals surface area contributed by atoms with Crippen molar-refractivity contribution in [1.29, 1.82) is 0 Å². The summed E-state index contributed by atoms with van der Waals surface area (Å²) in [7, 11) is 1.69. The largest absolute Gasteiger partial charge is 0.491 e. The van der Waals surface area contributed by atoms with E-state index in [1.54, 1.807) is 7.11 Å². The Balaban J connectivity index is 1.19. The van der Waals surface area contributed by atoms with E-state index in [-0.39, 0.29) is 18.0 Å². The normalized spacial score (nSPS) is 27.6. The minimum absolute atomic E-state index is 0.0350. The van der Waals surface area contributed by atoms with E-state index in [2.05, 4.69) is 52.0 Å². The fraction of sp³-hybridized carbons (Fsp3) is 0.577. The number of benzene rings is 1. The zero-order chi connectivity index (χ0) is 23.7. The number of ether oxygens (including phenoxy) is 2. The summed E-state index contributed by atoms with van der Waals surface area (Å²) in [5.41, 5.74) is 8.54. The fourth-order valence-electron chi connectivity index (χ4n) is 5.77. The summed E-state index contributed by atoms with van der Waals surface area (Å²) >= 11 is 0. The van der Waals surface area contributed by atoms with E-state index < -0.39 is 0 Å². The maximum atomic E-state index is 12.9. The first-order valence-corrected chi connectivity index (χ1v) is 12.4. The van der Waals surface area contributed by atoms with Crippen LogP contribution in [-0.4, -0.2) is 55.3 Å². The number of hydrogen-bond donors (Lipinski definition) is 2. The van der Waals surface area contributed by atoms with Crippen LogP contribution < -0.4 is 15.5 Å². The van der Waals surface area contributed by atoms with E-state index in [9.17, 15) is 4.79 Å². The molecular weight excluding hydrogens is 430 g/mol. The van der Waals surface area contributed by atoms with Gasteiger partial charge in [0.15, 0.2) is 0 Å². The molecule has 2 N–H and O–H groups in total. The van der Waals surface area contributed by atoms with Gasteiger partial charge in [-0.15, -0.1) is 0 Å². The summed E-state index contributed by atoms with van der Waals surface area (Å²) in [5.74, 6) is 0.988. The molecule has 0 radical (unpaired) electrons. The van der Waals surface area contributed by atoms with Crippen molar-refractivity contribution in [3.8, 4) is 5.75 Å². The van der Waals surface area contributed by atoms with Gasteiger partial charge in [0.25, 0.3) is 0 Å². The molecule has 2 bridgehead atoms. The number of carbonyl (C=O) groups excluding carboxylic acids is 1. The van der Waals surface area contributed by atoms with Gasteiger partial charge in [-0.05, 0) is 68.4 Å². The first-order chi connectivity index (χ1) is 16.5. The van der Waals surface area contributed by atoms with Crippen LogP contribution in [-0.2, 0) is 16.1 Å². The third kappa shape index (κ3) is 4.61. The highest BCUT2D eigenvalue weighted by molar-refractivity contribution is 5.94. The van der Waals surface area contributed by atoms with Gasteiger partial charge >= 0.3 is 0 Å². The maximum Gasteiger partial charge on any atom is 0.247 e. The summed E-state index contributed by atoms with van der Waals surface area (Å²) in [6.45, 7) is 6.44. The number of nitrogens with zero attached hydrogens (tertiary/aromatic N) is 3. The summed E-state index contributed by atoms with van der Waals surface area (Å²) in [5, 5.41) is 11.4. The molecule has 1 amide bonds. The molecule has 182 valence electrons. The number of hydrogen-bond acceptors (Lipinski definition) is 7. The highest BCUT2D eigenvalue weighted by atomic mass is 16.5. The van der Waals surface area contributed by atoms with Crippen molar-refractivity contribution in [2.45, 2.75) is 76.7 Å². The molecule has 3 heterocycles. The number of carbonyl (C=O) groups is 1. The Hall–Kier alpha value is -2.71. The molecule has 1 aromatic carbocycles.